The highest BCUT2D eigenvalue weighted by molar-refractivity contribution is 9.10. The molecule has 0 spiro atoms. The van der Waals surface area contributed by atoms with Crippen LogP contribution < -0.4 is 5.32 Å². The van der Waals surface area contributed by atoms with E-state index in [0.29, 0.717) is 6.04 Å². The zero-order chi connectivity index (χ0) is 14.8. The highest BCUT2D eigenvalue weighted by atomic mass is 79.9. The van der Waals surface area contributed by atoms with Crippen LogP contribution in [-0.2, 0) is 0 Å². The van der Waals surface area contributed by atoms with Crippen molar-refractivity contribution >= 4 is 27.6 Å². The Morgan fingerprint density at radius 1 is 1.19 bits per heavy atom. The molecule has 0 saturated heterocycles. The standard InChI is InChI=1S/C17H22BrN3/c1-12-10-14(8-9-16(12)18)20-17-19-13(2)11-21(17)15-6-4-3-5-7-15/h8-11,15H,3-7H2,1-2H3,(H,19,20). The Morgan fingerprint density at radius 2 is 1.95 bits per heavy atom. The second kappa shape index (κ2) is 6.22. The number of benzene rings is 1. The van der Waals surface area contributed by atoms with Gasteiger partial charge in [-0.15, -0.1) is 0 Å². The number of halogens is 1. The summed E-state index contributed by atoms with van der Waals surface area (Å²) < 4.78 is 3.48. The van der Waals surface area contributed by atoms with Gasteiger partial charge in [0.05, 0.1) is 5.69 Å². The van der Waals surface area contributed by atoms with E-state index >= 15 is 0 Å². The van der Waals surface area contributed by atoms with Crippen LogP contribution in [0.15, 0.2) is 28.9 Å². The topological polar surface area (TPSA) is 29.9 Å². The van der Waals surface area contributed by atoms with Gasteiger partial charge in [-0.25, -0.2) is 4.98 Å². The lowest BCUT2D eigenvalue weighted by Crippen LogP contribution is -2.14. The first kappa shape index (κ1) is 14.6. The van der Waals surface area contributed by atoms with Gasteiger partial charge in [0.25, 0.3) is 0 Å². The normalized spacial score (nSPS) is 16.1. The van der Waals surface area contributed by atoms with Crippen LogP contribution in [0.1, 0.15) is 49.4 Å². The van der Waals surface area contributed by atoms with Crippen molar-refractivity contribution < 1.29 is 0 Å². The average molecular weight is 348 g/mol. The van der Waals surface area contributed by atoms with Crippen molar-refractivity contribution in [1.82, 2.24) is 9.55 Å². The molecule has 0 atom stereocenters. The smallest absolute Gasteiger partial charge is 0.207 e. The predicted molar refractivity (Wildman–Crippen MR) is 91.2 cm³/mol. The average Bonchev–Trinajstić information content (AvgIpc) is 2.85. The van der Waals surface area contributed by atoms with E-state index in [1.165, 1.54) is 37.7 Å². The van der Waals surface area contributed by atoms with Crippen LogP contribution in [-0.4, -0.2) is 9.55 Å². The molecule has 0 aliphatic heterocycles. The van der Waals surface area contributed by atoms with E-state index in [1.807, 2.05) is 0 Å². The lowest BCUT2D eigenvalue weighted by atomic mass is 9.95. The van der Waals surface area contributed by atoms with Crippen LogP contribution in [0.3, 0.4) is 0 Å². The first-order valence-electron chi connectivity index (χ1n) is 7.72. The molecule has 1 aromatic heterocycles. The fourth-order valence-corrected chi connectivity index (χ4v) is 3.34. The van der Waals surface area contributed by atoms with Crippen LogP contribution in [0.4, 0.5) is 11.6 Å². The molecule has 0 bridgehead atoms. The summed E-state index contributed by atoms with van der Waals surface area (Å²) in [6, 6.07) is 6.92. The monoisotopic (exact) mass is 347 g/mol. The maximum atomic E-state index is 4.67. The molecule has 1 saturated carbocycles. The first-order valence-corrected chi connectivity index (χ1v) is 8.51. The molecule has 3 nitrogen and oxygen atoms in total. The van der Waals surface area contributed by atoms with Gasteiger partial charge < -0.3 is 9.88 Å². The highest BCUT2D eigenvalue weighted by Gasteiger charge is 2.19. The largest absolute Gasteiger partial charge is 0.326 e. The Balaban J connectivity index is 1.85. The first-order chi connectivity index (χ1) is 10.1. The van der Waals surface area contributed by atoms with Gasteiger partial charge in [0.2, 0.25) is 5.95 Å². The summed E-state index contributed by atoms with van der Waals surface area (Å²) in [5.74, 6) is 0.973. The van der Waals surface area contributed by atoms with Crippen molar-refractivity contribution in [1.29, 1.82) is 0 Å². The number of aryl methyl sites for hydroxylation is 2. The molecule has 1 aliphatic rings. The molecule has 3 rings (SSSR count). The number of hydrogen-bond donors (Lipinski definition) is 1. The summed E-state index contributed by atoms with van der Waals surface area (Å²) in [7, 11) is 0. The molecular weight excluding hydrogens is 326 g/mol. The Bertz CT molecular complexity index is 627. The van der Waals surface area contributed by atoms with Crippen molar-refractivity contribution in [3.8, 4) is 0 Å². The van der Waals surface area contributed by atoms with Crippen molar-refractivity contribution in [2.24, 2.45) is 0 Å². The second-order valence-corrected chi connectivity index (χ2v) is 6.85. The summed E-state index contributed by atoms with van der Waals surface area (Å²) in [6.07, 6.45) is 8.76. The van der Waals surface area contributed by atoms with Gasteiger partial charge in [-0.3, -0.25) is 0 Å². The number of rotatable bonds is 3. The fourth-order valence-electron chi connectivity index (χ4n) is 3.10. The van der Waals surface area contributed by atoms with E-state index in [1.54, 1.807) is 0 Å². The fraction of sp³-hybridized carbons (Fsp3) is 0.471. The molecule has 112 valence electrons. The SMILES string of the molecule is Cc1cn(C2CCCCC2)c(Nc2ccc(Br)c(C)c2)n1. The number of imidazole rings is 1. The van der Waals surface area contributed by atoms with Crippen LogP contribution >= 0.6 is 15.9 Å². The molecule has 1 aromatic carbocycles. The lowest BCUT2D eigenvalue weighted by Gasteiger charge is -2.24. The van der Waals surface area contributed by atoms with Crippen LogP contribution in [0.2, 0.25) is 0 Å². The van der Waals surface area contributed by atoms with Crippen LogP contribution in [0.5, 0.6) is 0 Å². The Kier molecular flexibility index (Phi) is 4.34. The zero-order valence-corrected chi connectivity index (χ0v) is 14.3. The Morgan fingerprint density at radius 3 is 2.67 bits per heavy atom. The number of anilines is 2. The molecule has 0 amide bonds. The molecule has 0 unspecified atom stereocenters. The van der Waals surface area contributed by atoms with E-state index in [2.05, 4.69) is 69.0 Å². The van der Waals surface area contributed by atoms with Crippen LogP contribution in [0.25, 0.3) is 0 Å². The van der Waals surface area contributed by atoms with Gasteiger partial charge in [0.15, 0.2) is 0 Å². The minimum atomic E-state index is 0.596. The zero-order valence-electron chi connectivity index (χ0n) is 12.7. The molecule has 21 heavy (non-hydrogen) atoms. The van der Waals surface area contributed by atoms with Gasteiger partial charge in [0, 0.05) is 22.4 Å². The molecule has 1 fully saturated rings. The van der Waals surface area contributed by atoms with Crippen molar-refractivity contribution in [2.45, 2.75) is 52.0 Å². The summed E-state index contributed by atoms with van der Waals surface area (Å²) in [4.78, 5) is 4.67. The molecule has 1 aliphatic carbocycles. The van der Waals surface area contributed by atoms with E-state index in [-0.39, 0.29) is 0 Å². The third-order valence-electron chi connectivity index (χ3n) is 4.23. The summed E-state index contributed by atoms with van der Waals surface area (Å²) in [5.41, 5.74) is 3.41. The number of hydrogen-bond acceptors (Lipinski definition) is 2. The van der Waals surface area contributed by atoms with Gasteiger partial charge in [-0.2, -0.15) is 0 Å². The minimum absolute atomic E-state index is 0.596. The molecule has 0 radical (unpaired) electrons. The minimum Gasteiger partial charge on any atom is -0.326 e. The van der Waals surface area contributed by atoms with E-state index < -0.39 is 0 Å². The van der Waals surface area contributed by atoms with E-state index in [4.69, 9.17) is 0 Å². The third kappa shape index (κ3) is 3.31. The van der Waals surface area contributed by atoms with Crippen molar-refractivity contribution in [3.05, 3.63) is 40.1 Å². The third-order valence-corrected chi connectivity index (χ3v) is 5.12. The number of aromatic nitrogens is 2. The molecule has 1 heterocycles. The predicted octanol–water partition coefficient (Wildman–Crippen LogP) is 5.51. The van der Waals surface area contributed by atoms with E-state index in [0.717, 1.165) is 21.8 Å². The van der Waals surface area contributed by atoms with Gasteiger partial charge in [0.1, 0.15) is 0 Å². The summed E-state index contributed by atoms with van der Waals surface area (Å²) in [6.45, 7) is 4.17. The maximum absolute atomic E-state index is 4.67. The van der Waals surface area contributed by atoms with Gasteiger partial charge >= 0.3 is 0 Å². The lowest BCUT2D eigenvalue weighted by molar-refractivity contribution is 0.356. The highest BCUT2D eigenvalue weighted by Crippen LogP contribution is 2.32. The summed E-state index contributed by atoms with van der Waals surface area (Å²) in [5, 5.41) is 3.49. The second-order valence-electron chi connectivity index (χ2n) is 5.99. The van der Waals surface area contributed by atoms with Crippen molar-refractivity contribution in [2.75, 3.05) is 5.32 Å². The molecule has 4 heteroatoms. The summed E-state index contributed by atoms with van der Waals surface area (Å²) >= 11 is 3.55. The quantitative estimate of drug-likeness (QED) is 0.792. The van der Waals surface area contributed by atoms with Gasteiger partial charge in [-0.1, -0.05) is 35.2 Å². The molecule has 1 N–H and O–H groups in total. The van der Waals surface area contributed by atoms with E-state index in [9.17, 15) is 0 Å². The van der Waals surface area contributed by atoms with Crippen molar-refractivity contribution in [3.63, 3.8) is 0 Å². The van der Waals surface area contributed by atoms with Crippen LogP contribution in [0, 0.1) is 13.8 Å². The molecular formula is C17H22BrN3. The Labute approximate surface area is 134 Å². The molecule has 2 aromatic rings. The number of nitrogens with zero attached hydrogens (tertiary/aromatic N) is 2. The van der Waals surface area contributed by atoms with Gasteiger partial charge in [-0.05, 0) is 50.5 Å². The Hall–Kier alpha value is -1.29. The number of nitrogens with one attached hydrogen (secondary N) is 1. The maximum Gasteiger partial charge on any atom is 0.207 e.